The lowest BCUT2D eigenvalue weighted by molar-refractivity contribution is -0.114. The van der Waals surface area contributed by atoms with Gasteiger partial charge in [-0.05, 0) is 79.1 Å². The number of carbonyl (C=O) groups is 1. The number of carbonyl (C=O) groups excluding carboxylic acids is 1. The number of para-hydroxylation sites is 1. The summed E-state index contributed by atoms with van der Waals surface area (Å²) in [5.74, 6) is 0.786. The van der Waals surface area contributed by atoms with E-state index >= 15 is 0 Å². The molecule has 6 nitrogen and oxygen atoms in total. The molecule has 0 aliphatic carbocycles. The van der Waals surface area contributed by atoms with Crippen LogP contribution in [-0.4, -0.2) is 20.9 Å². The molecule has 4 rings (SSSR count). The second-order valence-corrected chi connectivity index (χ2v) is 10.4. The Hall–Kier alpha value is -4.10. The van der Waals surface area contributed by atoms with Crippen molar-refractivity contribution in [1.82, 2.24) is 0 Å². The van der Waals surface area contributed by atoms with Gasteiger partial charge in [-0.15, -0.1) is 0 Å². The highest BCUT2D eigenvalue weighted by Gasteiger charge is 2.27. The average molecular weight is 515 g/mol. The number of amides is 1. The number of unbranched alkanes of at least 4 members (excludes halogenated alkanes) is 1. The van der Waals surface area contributed by atoms with Crippen LogP contribution < -0.4 is 14.4 Å². The molecule has 0 spiro atoms. The molecule has 4 aromatic rings. The topological polar surface area (TPSA) is 75.7 Å². The van der Waals surface area contributed by atoms with Gasteiger partial charge in [-0.3, -0.25) is 9.10 Å². The minimum atomic E-state index is -4.00. The number of benzene rings is 4. The van der Waals surface area contributed by atoms with Crippen LogP contribution in [0.25, 0.3) is 0 Å². The molecule has 4 aromatic carbocycles. The van der Waals surface area contributed by atoms with Crippen molar-refractivity contribution < 1.29 is 17.9 Å². The Bertz CT molecular complexity index is 1390. The first-order valence-corrected chi connectivity index (χ1v) is 13.7. The standard InChI is InChI=1S/C30H30N2O4S/c1-2-3-10-24-15-17-25(18-16-24)31-30(33)23-32(37(34,35)29-13-8-5-9-14-29)26-19-21-28(22-20-26)36-27-11-6-4-7-12-27/h4-9,11-22H,2-3,10,23H2,1H3,(H,31,33). The third-order valence-electron chi connectivity index (χ3n) is 5.78. The van der Waals surface area contributed by atoms with Gasteiger partial charge < -0.3 is 10.1 Å². The summed E-state index contributed by atoms with van der Waals surface area (Å²) < 4.78 is 34.1. The van der Waals surface area contributed by atoms with Gasteiger partial charge in [0.05, 0.1) is 10.6 Å². The first-order chi connectivity index (χ1) is 18.0. The van der Waals surface area contributed by atoms with Gasteiger partial charge in [0.15, 0.2) is 0 Å². The van der Waals surface area contributed by atoms with Gasteiger partial charge in [0.2, 0.25) is 5.91 Å². The molecule has 0 saturated heterocycles. The number of nitrogens with zero attached hydrogens (tertiary/aromatic N) is 1. The van der Waals surface area contributed by atoms with Crippen molar-refractivity contribution in [3.63, 3.8) is 0 Å². The highest BCUT2D eigenvalue weighted by atomic mass is 32.2. The van der Waals surface area contributed by atoms with Crippen molar-refractivity contribution in [2.45, 2.75) is 31.1 Å². The van der Waals surface area contributed by atoms with Gasteiger partial charge >= 0.3 is 0 Å². The second kappa shape index (κ2) is 12.2. The average Bonchev–Trinajstić information content (AvgIpc) is 2.93. The third-order valence-corrected chi connectivity index (χ3v) is 7.57. The van der Waals surface area contributed by atoms with Crippen molar-refractivity contribution in [2.24, 2.45) is 0 Å². The Morgan fingerprint density at radius 3 is 2.00 bits per heavy atom. The lowest BCUT2D eigenvalue weighted by atomic mass is 10.1. The van der Waals surface area contributed by atoms with Gasteiger partial charge in [0.1, 0.15) is 18.0 Å². The maximum absolute atomic E-state index is 13.6. The molecule has 1 amide bonds. The van der Waals surface area contributed by atoms with Crippen molar-refractivity contribution >= 4 is 27.3 Å². The fourth-order valence-electron chi connectivity index (χ4n) is 3.81. The van der Waals surface area contributed by atoms with Crippen molar-refractivity contribution in [1.29, 1.82) is 0 Å². The van der Waals surface area contributed by atoms with E-state index in [0.717, 1.165) is 23.6 Å². The number of nitrogens with one attached hydrogen (secondary N) is 1. The third kappa shape index (κ3) is 6.98. The number of hydrogen-bond donors (Lipinski definition) is 1. The Morgan fingerprint density at radius 1 is 0.784 bits per heavy atom. The molecule has 0 aliphatic rings. The zero-order valence-electron chi connectivity index (χ0n) is 20.7. The summed E-state index contributed by atoms with van der Waals surface area (Å²) in [6.45, 7) is 1.77. The van der Waals surface area contributed by atoms with Gasteiger partial charge in [0.25, 0.3) is 10.0 Å². The molecule has 37 heavy (non-hydrogen) atoms. The molecule has 0 atom stereocenters. The van der Waals surface area contributed by atoms with E-state index in [9.17, 15) is 13.2 Å². The van der Waals surface area contributed by atoms with E-state index in [1.807, 2.05) is 54.6 Å². The number of sulfonamides is 1. The van der Waals surface area contributed by atoms with E-state index in [2.05, 4.69) is 12.2 Å². The molecular weight excluding hydrogens is 484 g/mol. The van der Waals surface area contributed by atoms with E-state index in [0.29, 0.717) is 22.9 Å². The normalized spacial score (nSPS) is 11.1. The molecule has 0 fully saturated rings. The van der Waals surface area contributed by atoms with Crippen LogP contribution in [0, 0.1) is 0 Å². The van der Waals surface area contributed by atoms with Crippen LogP contribution in [0.4, 0.5) is 11.4 Å². The first-order valence-electron chi connectivity index (χ1n) is 12.3. The largest absolute Gasteiger partial charge is 0.457 e. The molecule has 0 saturated carbocycles. The summed E-state index contributed by atoms with van der Waals surface area (Å²) >= 11 is 0. The van der Waals surface area contributed by atoms with Gasteiger partial charge in [-0.1, -0.05) is 61.9 Å². The van der Waals surface area contributed by atoms with Gasteiger partial charge in [-0.25, -0.2) is 8.42 Å². The molecule has 0 aromatic heterocycles. The Balaban J connectivity index is 1.55. The van der Waals surface area contributed by atoms with Crippen LogP contribution in [0.15, 0.2) is 114 Å². The summed E-state index contributed by atoms with van der Waals surface area (Å²) in [6.07, 6.45) is 3.20. The van der Waals surface area contributed by atoms with E-state index in [1.165, 1.54) is 17.7 Å². The summed E-state index contributed by atoms with van der Waals surface area (Å²) in [4.78, 5) is 13.1. The Morgan fingerprint density at radius 2 is 1.38 bits per heavy atom. The second-order valence-electron chi connectivity index (χ2n) is 8.58. The molecular formula is C30H30N2O4S. The van der Waals surface area contributed by atoms with Crippen molar-refractivity contribution in [3.8, 4) is 11.5 Å². The van der Waals surface area contributed by atoms with Crippen LogP contribution in [0.5, 0.6) is 11.5 Å². The lowest BCUT2D eigenvalue weighted by Crippen LogP contribution is -2.38. The SMILES string of the molecule is CCCCc1ccc(NC(=O)CN(c2ccc(Oc3ccccc3)cc2)S(=O)(=O)c2ccccc2)cc1. The molecule has 190 valence electrons. The van der Waals surface area contributed by atoms with E-state index in [-0.39, 0.29) is 11.4 Å². The monoisotopic (exact) mass is 514 g/mol. The zero-order chi connectivity index (χ0) is 26.1. The smallest absolute Gasteiger partial charge is 0.264 e. The maximum Gasteiger partial charge on any atom is 0.264 e. The molecule has 0 radical (unpaired) electrons. The molecule has 0 unspecified atom stereocenters. The molecule has 0 aliphatic heterocycles. The fourth-order valence-corrected chi connectivity index (χ4v) is 5.25. The molecule has 1 N–H and O–H groups in total. The highest BCUT2D eigenvalue weighted by molar-refractivity contribution is 7.92. The predicted molar refractivity (Wildman–Crippen MR) is 148 cm³/mol. The quantitative estimate of drug-likeness (QED) is 0.243. The van der Waals surface area contributed by atoms with Crippen molar-refractivity contribution in [3.05, 3.63) is 115 Å². The number of hydrogen-bond acceptors (Lipinski definition) is 4. The number of aryl methyl sites for hydroxylation is 1. The number of rotatable bonds is 11. The van der Waals surface area contributed by atoms with Crippen LogP contribution in [-0.2, 0) is 21.2 Å². The van der Waals surface area contributed by atoms with Crippen LogP contribution in [0.1, 0.15) is 25.3 Å². The highest BCUT2D eigenvalue weighted by Crippen LogP contribution is 2.28. The number of anilines is 2. The minimum Gasteiger partial charge on any atom is -0.457 e. The van der Waals surface area contributed by atoms with Gasteiger partial charge in [-0.2, -0.15) is 0 Å². The molecule has 0 heterocycles. The van der Waals surface area contributed by atoms with E-state index in [1.54, 1.807) is 42.5 Å². The van der Waals surface area contributed by atoms with Gasteiger partial charge in [0, 0.05) is 5.69 Å². The van der Waals surface area contributed by atoms with Crippen LogP contribution in [0.3, 0.4) is 0 Å². The number of ether oxygens (including phenoxy) is 1. The summed E-state index contributed by atoms with van der Waals surface area (Å²) in [6, 6.07) is 31.7. The predicted octanol–water partition coefficient (Wildman–Crippen LogP) is 6.66. The van der Waals surface area contributed by atoms with Crippen LogP contribution in [0.2, 0.25) is 0 Å². The zero-order valence-corrected chi connectivity index (χ0v) is 21.5. The Kier molecular flexibility index (Phi) is 8.59. The Labute approximate surface area is 218 Å². The van der Waals surface area contributed by atoms with E-state index < -0.39 is 15.9 Å². The summed E-state index contributed by atoms with van der Waals surface area (Å²) in [5.41, 5.74) is 2.18. The lowest BCUT2D eigenvalue weighted by Gasteiger charge is -2.24. The molecule has 7 heteroatoms. The molecule has 0 bridgehead atoms. The summed E-state index contributed by atoms with van der Waals surface area (Å²) in [5, 5.41) is 2.82. The van der Waals surface area contributed by atoms with Crippen molar-refractivity contribution in [2.75, 3.05) is 16.2 Å². The fraction of sp³-hybridized carbons (Fsp3) is 0.167. The van der Waals surface area contributed by atoms with E-state index in [4.69, 9.17) is 4.74 Å². The van der Waals surface area contributed by atoms with Crippen LogP contribution >= 0.6 is 0 Å². The maximum atomic E-state index is 13.6. The first kappa shape index (κ1) is 26.0. The summed E-state index contributed by atoms with van der Waals surface area (Å²) in [7, 11) is -4.00. The minimum absolute atomic E-state index is 0.104.